The zero-order valence-electron chi connectivity index (χ0n) is 15.4. The topological polar surface area (TPSA) is 14.2 Å². The van der Waals surface area contributed by atoms with Crippen LogP contribution in [0.25, 0.3) is 21.8 Å². The second-order valence-corrected chi connectivity index (χ2v) is 11.0. The SMILES string of the molecule is CCC[SiH](CC)C1OCCCC1n1c2ccccc2c2ccccc21. The molecule has 1 fully saturated rings. The van der Waals surface area contributed by atoms with Gasteiger partial charge in [0, 0.05) is 28.4 Å². The summed E-state index contributed by atoms with van der Waals surface area (Å²) in [5.74, 6) is 0. The molecular weight excluding hydrogens is 322 g/mol. The second kappa shape index (κ2) is 7.34. The number of para-hydroxylation sites is 2. The van der Waals surface area contributed by atoms with Crippen molar-refractivity contribution in [3.8, 4) is 0 Å². The van der Waals surface area contributed by atoms with Crippen LogP contribution in [0.2, 0.25) is 12.1 Å². The molecule has 2 nitrogen and oxygen atoms in total. The third-order valence-electron chi connectivity index (χ3n) is 5.93. The molecule has 0 radical (unpaired) electrons. The Labute approximate surface area is 152 Å². The van der Waals surface area contributed by atoms with Crippen LogP contribution in [0.4, 0.5) is 0 Å². The van der Waals surface area contributed by atoms with Crippen LogP contribution in [0.3, 0.4) is 0 Å². The van der Waals surface area contributed by atoms with Gasteiger partial charge < -0.3 is 9.30 Å². The van der Waals surface area contributed by atoms with Crippen molar-refractivity contribution in [1.29, 1.82) is 0 Å². The molecule has 0 bridgehead atoms. The fourth-order valence-electron chi connectivity index (χ4n) is 4.79. The highest BCUT2D eigenvalue weighted by Crippen LogP contribution is 2.38. The maximum Gasteiger partial charge on any atom is 0.0741 e. The van der Waals surface area contributed by atoms with Gasteiger partial charge in [-0.1, -0.05) is 68.8 Å². The largest absolute Gasteiger partial charge is 0.380 e. The summed E-state index contributed by atoms with van der Waals surface area (Å²) in [6, 6.07) is 21.0. The molecule has 1 aromatic heterocycles. The molecule has 0 spiro atoms. The van der Waals surface area contributed by atoms with Crippen LogP contribution in [-0.2, 0) is 4.74 Å². The highest BCUT2D eigenvalue weighted by atomic mass is 28.3. The van der Waals surface area contributed by atoms with E-state index >= 15 is 0 Å². The number of benzene rings is 2. The average molecular weight is 352 g/mol. The van der Waals surface area contributed by atoms with Gasteiger partial charge in [0.2, 0.25) is 0 Å². The van der Waals surface area contributed by atoms with Crippen LogP contribution in [0.15, 0.2) is 48.5 Å². The standard InChI is InChI=1S/C22H29NOSi/c1-3-16-25(4-2)22-21(14-9-15-24-22)23-19-12-7-5-10-17(19)18-11-6-8-13-20(18)23/h5-8,10-13,21-22,25H,3-4,9,14-16H2,1-2H3. The smallest absolute Gasteiger partial charge is 0.0741 e. The lowest BCUT2D eigenvalue weighted by Crippen LogP contribution is -2.43. The monoisotopic (exact) mass is 351 g/mol. The average Bonchev–Trinajstić information content (AvgIpc) is 3.01. The lowest BCUT2D eigenvalue weighted by atomic mass is 10.1. The number of ether oxygens (including phenoxy) is 1. The number of aromatic nitrogens is 1. The molecule has 25 heavy (non-hydrogen) atoms. The van der Waals surface area contributed by atoms with Gasteiger partial charge in [-0.3, -0.25) is 0 Å². The van der Waals surface area contributed by atoms with Gasteiger partial charge in [0.05, 0.1) is 20.6 Å². The number of hydrogen-bond donors (Lipinski definition) is 0. The van der Waals surface area contributed by atoms with E-state index in [-0.39, 0.29) is 0 Å². The van der Waals surface area contributed by atoms with E-state index in [2.05, 4.69) is 66.9 Å². The third-order valence-corrected chi connectivity index (χ3v) is 9.86. The van der Waals surface area contributed by atoms with Crippen LogP contribution in [0, 0.1) is 0 Å². The number of fused-ring (bicyclic) bond motifs is 3. The summed E-state index contributed by atoms with van der Waals surface area (Å²) in [6.07, 6.45) is 3.73. The molecule has 1 saturated heterocycles. The van der Waals surface area contributed by atoms with Crippen molar-refractivity contribution in [2.24, 2.45) is 0 Å². The highest BCUT2D eigenvalue weighted by molar-refractivity contribution is 6.60. The van der Waals surface area contributed by atoms with Gasteiger partial charge in [-0.05, 0) is 25.0 Å². The Morgan fingerprint density at radius 2 is 1.64 bits per heavy atom. The quantitative estimate of drug-likeness (QED) is 0.537. The zero-order chi connectivity index (χ0) is 17.2. The van der Waals surface area contributed by atoms with E-state index in [1.54, 1.807) is 0 Å². The third kappa shape index (κ3) is 2.94. The van der Waals surface area contributed by atoms with E-state index in [0.717, 1.165) is 6.61 Å². The van der Waals surface area contributed by atoms with Crippen molar-refractivity contribution in [2.45, 2.75) is 57.0 Å². The summed E-state index contributed by atoms with van der Waals surface area (Å²) in [5, 5.41) is 2.76. The normalized spacial score (nSPS) is 22.5. The predicted octanol–water partition coefficient (Wildman–Crippen LogP) is 5.71. The van der Waals surface area contributed by atoms with Gasteiger partial charge in [0.15, 0.2) is 0 Å². The fraction of sp³-hybridized carbons (Fsp3) is 0.455. The first-order valence-corrected chi connectivity index (χ1v) is 12.2. The Morgan fingerprint density at radius 3 is 2.24 bits per heavy atom. The zero-order valence-corrected chi connectivity index (χ0v) is 16.6. The van der Waals surface area contributed by atoms with Gasteiger partial charge in [0.1, 0.15) is 0 Å². The molecule has 3 atom stereocenters. The summed E-state index contributed by atoms with van der Waals surface area (Å²) in [4.78, 5) is 0. The summed E-state index contributed by atoms with van der Waals surface area (Å²) in [7, 11) is -0.901. The maximum absolute atomic E-state index is 6.46. The van der Waals surface area contributed by atoms with Gasteiger partial charge in [-0.15, -0.1) is 0 Å². The Bertz CT molecular complexity index is 802. The molecule has 2 heterocycles. The Hall–Kier alpha value is -1.58. The van der Waals surface area contributed by atoms with E-state index in [9.17, 15) is 0 Å². The van der Waals surface area contributed by atoms with Crippen molar-refractivity contribution in [3.63, 3.8) is 0 Å². The lowest BCUT2D eigenvalue weighted by Gasteiger charge is -2.38. The first-order chi connectivity index (χ1) is 12.3. The molecular formula is C22H29NOSi. The number of hydrogen-bond acceptors (Lipinski definition) is 1. The molecule has 0 N–H and O–H groups in total. The van der Waals surface area contributed by atoms with Crippen LogP contribution in [0.1, 0.15) is 39.2 Å². The van der Waals surface area contributed by atoms with Gasteiger partial charge in [0.25, 0.3) is 0 Å². The van der Waals surface area contributed by atoms with Gasteiger partial charge >= 0.3 is 0 Å². The predicted molar refractivity (Wildman–Crippen MR) is 110 cm³/mol. The molecule has 3 unspecified atom stereocenters. The molecule has 132 valence electrons. The molecule has 4 rings (SSSR count). The van der Waals surface area contributed by atoms with E-state index in [1.165, 1.54) is 53.2 Å². The first kappa shape index (κ1) is 16.9. The summed E-state index contributed by atoms with van der Waals surface area (Å²) >= 11 is 0. The van der Waals surface area contributed by atoms with Gasteiger partial charge in [-0.25, -0.2) is 0 Å². The minimum atomic E-state index is -0.901. The summed E-state index contributed by atoms with van der Waals surface area (Å²) in [6.45, 7) is 5.66. The van der Waals surface area contributed by atoms with Crippen molar-refractivity contribution in [1.82, 2.24) is 4.57 Å². The molecule has 1 aliphatic heterocycles. The fourth-order valence-corrected chi connectivity index (χ4v) is 8.14. The van der Waals surface area contributed by atoms with Crippen molar-refractivity contribution >= 4 is 30.6 Å². The molecule has 0 saturated carbocycles. The molecule has 0 aliphatic carbocycles. The molecule has 1 aliphatic rings. The minimum absolute atomic E-state index is 0.470. The van der Waals surface area contributed by atoms with E-state index in [4.69, 9.17) is 4.74 Å². The number of nitrogens with zero attached hydrogens (tertiary/aromatic N) is 1. The Kier molecular flexibility index (Phi) is 4.95. The molecule has 3 heteroatoms. The Balaban J connectivity index is 1.88. The number of rotatable bonds is 5. The maximum atomic E-state index is 6.46. The van der Waals surface area contributed by atoms with Crippen LogP contribution < -0.4 is 0 Å². The van der Waals surface area contributed by atoms with E-state index < -0.39 is 8.80 Å². The van der Waals surface area contributed by atoms with Crippen molar-refractivity contribution in [3.05, 3.63) is 48.5 Å². The lowest BCUT2D eigenvalue weighted by molar-refractivity contribution is 0.0269. The van der Waals surface area contributed by atoms with Crippen LogP contribution in [-0.4, -0.2) is 25.7 Å². The summed E-state index contributed by atoms with van der Waals surface area (Å²) < 4.78 is 9.08. The molecule has 0 amide bonds. The van der Waals surface area contributed by atoms with Crippen LogP contribution in [0.5, 0.6) is 0 Å². The highest BCUT2D eigenvalue weighted by Gasteiger charge is 2.35. The van der Waals surface area contributed by atoms with Gasteiger partial charge in [-0.2, -0.15) is 0 Å². The molecule has 2 aromatic carbocycles. The van der Waals surface area contributed by atoms with E-state index in [0.29, 0.717) is 11.8 Å². The Morgan fingerprint density at radius 1 is 1.00 bits per heavy atom. The molecule has 3 aromatic rings. The van der Waals surface area contributed by atoms with Crippen molar-refractivity contribution < 1.29 is 4.74 Å². The first-order valence-electron chi connectivity index (χ1n) is 9.94. The second-order valence-electron chi connectivity index (χ2n) is 7.41. The summed E-state index contributed by atoms with van der Waals surface area (Å²) in [5.41, 5.74) is 3.23. The minimum Gasteiger partial charge on any atom is -0.380 e. The van der Waals surface area contributed by atoms with E-state index in [1.807, 2.05) is 0 Å². The van der Waals surface area contributed by atoms with Crippen molar-refractivity contribution in [2.75, 3.05) is 6.61 Å². The van der Waals surface area contributed by atoms with Crippen LogP contribution >= 0.6 is 0 Å².